The maximum Gasteiger partial charge on any atom is 0.351 e. The molecule has 2 aromatic heterocycles. The van der Waals surface area contributed by atoms with Crippen molar-refractivity contribution >= 4 is 23.0 Å². The molecule has 0 atom stereocenters. The summed E-state index contributed by atoms with van der Waals surface area (Å²) in [7, 11) is 1.27. The summed E-state index contributed by atoms with van der Waals surface area (Å²) < 4.78 is 9.99. The molecule has 2 aromatic rings. The van der Waals surface area contributed by atoms with Crippen molar-refractivity contribution in [2.24, 2.45) is 0 Å². The Hall–Kier alpha value is -2.48. The fourth-order valence-electron chi connectivity index (χ4n) is 1.27. The van der Waals surface area contributed by atoms with E-state index >= 15 is 0 Å². The molecule has 8 heteroatoms. The summed E-state index contributed by atoms with van der Waals surface area (Å²) in [6.45, 7) is 0. The molecule has 0 aliphatic rings. The van der Waals surface area contributed by atoms with Crippen molar-refractivity contribution in [3.63, 3.8) is 0 Å². The minimum Gasteiger partial charge on any atom is -0.465 e. The normalized spacial score (nSPS) is 9.95. The van der Waals surface area contributed by atoms with Crippen LogP contribution in [0.15, 0.2) is 29.8 Å². The molecule has 2 heterocycles. The molecule has 0 unspecified atom stereocenters. The summed E-state index contributed by atoms with van der Waals surface area (Å²) in [5.41, 5.74) is -0.133. The number of nitro groups is 1. The molecule has 98 valence electrons. The van der Waals surface area contributed by atoms with E-state index < -0.39 is 10.9 Å². The summed E-state index contributed by atoms with van der Waals surface area (Å²) >= 11 is 1.17. The Morgan fingerprint density at radius 3 is 2.79 bits per heavy atom. The molecule has 0 saturated carbocycles. The van der Waals surface area contributed by atoms with Crippen LogP contribution in [0.4, 0.5) is 5.69 Å². The highest BCUT2D eigenvalue weighted by atomic mass is 32.1. The number of thiophene rings is 1. The maximum atomic E-state index is 11.4. The summed E-state index contributed by atoms with van der Waals surface area (Å²) in [5.74, 6) is -0.0423. The summed E-state index contributed by atoms with van der Waals surface area (Å²) in [6, 6.07) is 4.23. The number of pyridine rings is 1. The van der Waals surface area contributed by atoms with Crippen molar-refractivity contribution in [3.05, 3.63) is 44.8 Å². The van der Waals surface area contributed by atoms with E-state index in [1.165, 1.54) is 30.6 Å². The van der Waals surface area contributed by atoms with Gasteiger partial charge in [0, 0.05) is 12.1 Å². The molecule has 0 aliphatic carbocycles. The number of carbonyl (C=O) groups is 1. The minimum absolute atomic E-state index is 0.133. The Morgan fingerprint density at radius 1 is 1.42 bits per heavy atom. The van der Waals surface area contributed by atoms with Gasteiger partial charge < -0.3 is 9.47 Å². The van der Waals surface area contributed by atoms with Crippen LogP contribution in [-0.4, -0.2) is 23.0 Å². The van der Waals surface area contributed by atoms with Gasteiger partial charge in [0.2, 0.25) is 5.88 Å². The van der Waals surface area contributed by atoms with Crippen LogP contribution in [-0.2, 0) is 4.74 Å². The van der Waals surface area contributed by atoms with Gasteiger partial charge in [-0.15, -0.1) is 11.3 Å². The van der Waals surface area contributed by atoms with E-state index in [2.05, 4.69) is 9.72 Å². The number of hydrogen-bond donors (Lipinski definition) is 0. The molecule has 7 nitrogen and oxygen atoms in total. The fraction of sp³-hybridized carbons (Fsp3) is 0.0909. The zero-order chi connectivity index (χ0) is 13.8. The van der Waals surface area contributed by atoms with E-state index in [9.17, 15) is 14.9 Å². The van der Waals surface area contributed by atoms with E-state index in [4.69, 9.17) is 4.74 Å². The third kappa shape index (κ3) is 2.86. The third-order valence-corrected chi connectivity index (χ3v) is 3.02. The van der Waals surface area contributed by atoms with Gasteiger partial charge in [-0.05, 0) is 11.4 Å². The van der Waals surface area contributed by atoms with Crippen molar-refractivity contribution in [2.45, 2.75) is 0 Å². The van der Waals surface area contributed by atoms with E-state index in [-0.39, 0.29) is 11.6 Å². The lowest BCUT2D eigenvalue weighted by Gasteiger charge is -2.04. The zero-order valence-corrected chi connectivity index (χ0v) is 10.5. The highest BCUT2D eigenvalue weighted by Gasteiger charge is 2.16. The zero-order valence-electron chi connectivity index (χ0n) is 9.73. The Kier molecular flexibility index (Phi) is 3.71. The predicted molar refractivity (Wildman–Crippen MR) is 66.6 cm³/mol. The summed E-state index contributed by atoms with van der Waals surface area (Å²) in [5, 5.41) is 12.2. The minimum atomic E-state index is -0.554. The standard InChI is InChI=1S/C11H8N2O5S/c1-17-11(14)10-8(4-5-19-10)18-9-3-2-7(6-12-9)13(15)16/h2-6H,1H3. The Bertz CT molecular complexity index is 608. The second-order valence-corrected chi connectivity index (χ2v) is 4.24. The first-order valence-electron chi connectivity index (χ1n) is 5.06. The first-order chi connectivity index (χ1) is 9.11. The fourth-order valence-corrected chi connectivity index (χ4v) is 2.01. The molecule has 0 N–H and O–H groups in total. The second kappa shape index (κ2) is 5.44. The number of methoxy groups -OCH3 is 1. The second-order valence-electron chi connectivity index (χ2n) is 3.32. The molecule has 0 aromatic carbocycles. The number of aromatic nitrogens is 1. The molecule has 0 saturated heterocycles. The van der Waals surface area contributed by atoms with Crippen LogP contribution in [0.2, 0.25) is 0 Å². The number of carbonyl (C=O) groups excluding carboxylic acids is 1. The molecular weight excluding hydrogens is 272 g/mol. The smallest absolute Gasteiger partial charge is 0.351 e. The first-order valence-corrected chi connectivity index (χ1v) is 5.94. The number of rotatable bonds is 4. The number of hydrogen-bond acceptors (Lipinski definition) is 7. The monoisotopic (exact) mass is 280 g/mol. The molecule has 0 radical (unpaired) electrons. The quantitative estimate of drug-likeness (QED) is 0.485. The van der Waals surface area contributed by atoms with Gasteiger partial charge in [0.15, 0.2) is 10.6 Å². The average Bonchev–Trinajstić information content (AvgIpc) is 2.86. The molecule has 0 spiro atoms. The van der Waals surface area contributed by atoms with Gasteiger partial charge in [-0.2, -0.15) is 0 Å². The van der Waals surface area contributed by atoms with Crippen LogP contribution in [0, 0.1) is 10.1 Å². The van der Waals surface area contributed by atoms with Gasteiger partial charge in [0.05, 0.1) is 12.0 Å². The van der Waals surface area contributed by atoms with Crippen molar-refractivity contribution in [1.82, 2.24) is 4.98 Å². The van der Waals surface area contributed by atoms with E-state index in [0.717, 1.165) is 6.20 Å². The Labute approximate surface area is 111 Å². The SMILES string of the molecule is COC(=O)c1sccc1Oc1ccc([N+](=O)[O-])cn1. The molecule has 2 rings (SSSR count). The maximum absolute atomic E-state index is 11.4. The number of ether oxygens (including phenoxy) is 2. The molecule has 0 fully saturated rings. The van der Waals surface area contributed by atoms with E-state index in [1.54, 1.807) is 11.4 Å². The van der Waals surface area contributed by atoms with Gasteiger partial charge in [-0.1, -0.05) is 0 Å². The topological polar surface area (TPSA) is 91.6 Å². The van der Waals surface area contributed by atoms with Crippen LogP contribution in [0.3, 0.4) is 0 Å². The molecule has 0 aliphatic heterocycles. The van der Waals surface area contributed by atoms with Crippen LogP contribution < -0.4 is 4.74 Å². The van der Waals surface area contributed by atoms with Crippen molar-refractivity contribution in [1.29, 1.82) is 0 Å². The largest absolute Gasteiger partial charge is 0.465 e. The average molecular weight is 280 g/mol. The molecule has 0 amide bonds. The Balaban J connectivity index is 2.19. The van der Waals surface area contributed by atoms with Crippen LogP contribution in [0.5, 0.6) is 11.6 Å². The Morgan fingerprint density at radius 2 is 2.21 bits per heavy atom. The lowest BCUT2D eigenvalue weighted by molar-refractivity contribution is -0.385. The number of nitrogens with zero attached hydrogens (tertiary/aromatic N) is 2. The third-order valence-electron chi connectivity index (χ3n) is 2.15. The molecule has 19 heavy (non-hydrogen) atoms. The van der Waals surface area contributed by atoms with E-state index in [1.807, 2.05) is 0 Å². The lowest BCUT2D eigenvalue weighted by Crippen LogP contribution is -2.00. The van der Waals surface area contributed by atoms with Crippen LogP contribution in [0.1, 0.15) is 9.67 Å². The van der Waals surface area contributed by atoms with Crippen LogP contribution >= 0.6 is 11.3 Å². The van der Waals surface area contributed by atoms with Crippen molar-refractivity contribution in [2.75, 3.05) is 7.11 Å². The lowest BCUT2D eigenvalue weighted by atomic mass is 10.4. The van der Waals surface area contributed by atoms with Gasteiger partial charge >= 0.3 is 5.97 Å². The highest BCUT2D eigenvalue weighted by Crippen LogP contribution is 2.29. The molecule has 0 bridgehead atoms. The summed E-state index contributed by atoms with van der Waals surface area (Å²) in [4.78, 5) is 25.4. The van der Waals surface area contributed by atoms with Gasteiger partial charge in [0.1, 0.15) is 6.20 Å². The predicted octanol–water partition coefficient (Wildman–Crippen LogP) is 2.63. The first kappa shape index (κ1) is 13.0. The van der Waals surface area contributed by atoms with Gasteiger partial charge in [-0.25, -0.2) is 9.78 Å². The van der Waals surface area contributed by atoms with Gasteiger partial charge in [-0.3, -0.25) is 10.1 Å². The highest BCUT2D eigenvalue weighted by molar-refractivity contribution is 7.12. The van der Waals surface area contributed by atoms with Crippen molar-refractivity contribution < 1.29 is 19.2 Å². The van der Waals surface area contributed by atoms with E-state index in [0.29, 0.717) is 10.6 Å². The summed E-state index contributed by atoms with van der Waals surface area (Å²) in [6.07, 6.45) is 1.08. The molecular formula is C11H8N2O5S. The van der Waals surface area contributed by atoms with Crippen molar-refractivity contribution in [3.8, 4) is 11.6 Å². The number of esters is 1. The van der Waals surface area contributed by atoms with Crippen LogP contribution in [0.25, 0.3) is 0 Å². The van der Waals surface area contributed by atoms with Gasteiger partial charge in [0.25, 0.3) is 5.69 Å².